The van der Waals surface area contributed by atoms with Crippen LogP contribution in [-0.2, 0) is 6.54 Å². The summed E-state index contributed by atoms with van der Waals surface area (Å²) in [4.78, 5) is 12.8. The zero-order valence-electron chi connectivity index (χ0n) is 23.1. The molecule has 3 rings (SSSR count). The van der Waals surface area contributed by atoms with Gasteiger partial charge in [-0.25, -0.2) is 4.39 Å². The van der Waals surface area contributed by atoms with Crippen LogP contribution in [0.4, 0.5) is 10.1 Å². The second kappa shape index (κ2) is 17.0. The SMILES string of the molecule is CCCCCCCCCCCCCCOc1ccc(NC(=O)c2cccc(C[n+]3ccsc3C)c2)cc1F. The Morgan fingerprint density at radius 1 is 0.921 bits per heavy atom. The fraction of sp³-hybridized carbons (Fsp3) is 0.500. The Kier molecular flexibility index (Phi) is 13.3. The van der Waals surface area contributed by atoms with E-state index in [-0.39, 0.29) is 11.7 Å². The maximum absolute atomic E-state index is 14.6. The molecule has 206 valence electrons. The zero-order valence-corrected chi connectivity index (χ0v) is 24.0. The van der Waals surface area contributed by atoms with Crippen LogP contribution in [-0.4, -0.2) is 12.5 Å². The Hall–Kier alpha value is -2.73. The number of anilines is 1. The first-order chi connectivity index (χ1) is 18.6. The lowest BCUT2D eigenvalue weighted by Gasteiger charge is -2.10. The molecule has 0 atom stereocenters. The fourth-order valence-corrected chi connectivity index (χ4v) is 5.24. The Bertz CT molecular complexity index is 1110. The van der Waals surface area contributed by atoms with Crippen molar-refractivity contribution in [1.82, 2.24) is 0 Å². The van der Waals surface area contributed by atoms with Gasteiger partial charge in [0, 0.05) is 29.8 Å². The highest BCUT2D eigenvalue weighted by molar-refractivity contribution is 7.09. The number of ether oxygens (including phenoxy) is 1. The minimum Gasteiger partial charge on any atom is -0.491 e. The third kappa shape index (κ3) is 10.6. The van der Waals surface area contributed by atoms with Crippen molar-refractivity contribution in [2.24, 2.45) is 0 Å². The van der Waals surface area contributed by atoms with Crippen molar-refractivity contribution < 1.29 is 18.5 Å². The molecular formula is C32H44FN2O2S+. The maximum atomic E-state index is 14.6. The van der Waals surface area contributed by atoms with Gasteiger partial charge in [-0.2, -0.15) is 4.57 Å². The van der Waals surface area contributed by atoms with Crippen LogP contribution in [0.2, 0.25) is 0 Å². The van der Waals surface area contributed by atoms with Crippen LogP contribution in [0.5, 0.6) is 5.75 Å². The molecule has 0 bridgehead atoms. The van der Waals surface area contributed by atoms with Crippen molar-refractivity contribution in [1.29, 1.82) is 0 Å². The Morgan fingerprint density at radius 3 is 2.24 bits per heavy atom. The number of unbranched alkanes of at least 4 members (excludes halogenated alkanes) is 11. The van der Waals surface area contributed by atoms with E-state index in [1.165, 1.54) is 75.3 Å². The maximum Gasteiger partial charge on any atom is 0.255 e. The molecule has 1 N–H and O–H groups in total. The van der Waals surface area contributed by atoms with Crippen molar-refractivity contribution in [3.63, 3.8) is 0 Å². The summed E-state index contributed by atoms with van der Waals surface area (Å²) in [5.74, 6) is -0.487. The second-order valence-corrected chi connectivity index (χ2v) is 11.2. The quantitative estimate of drug-likeness (QED) is 0.130. The van der Waals surface area contributed by atoms with Gasteiger partial charge in [-0.05, 0) is 30.7 Å². The molecule has 0 unspecified atom stereocenters. The lowest BCUT2D eigenvalue weighted by molar-refractivity contribution is -0.689. The van der Waals surface area contributed by atoms with Gasteiger partial charge in [0.1, 0.15) is 0 Å². The second-order valence-electron chi connectivity index (χ2n) is 10.1. The van der Waals surface area contributed by atoms with Crippen molar-refractivity contribution in [2.75, 3.05) is 11.9 Å². The van der Waals surface area contributed by atoms with Crippen molar-refractivity contribution in [2.45, 2.75) is 97.4 Å². The molecule has 0 spiro atoms. The molecule has 6 heteroatoms. The zero-order chi connectivity index (χ0) is 27.0. The smallest absolute Gasteiger partial charge is 0.255 e. The number of nitrogens with zero attached hydrogens (tertiary/aromatic N) is 1. The van der Waals surface area contributed by atoms with Gasteiger partial charge in [0.05, 0.1) is 12.0 Å². The van der Waals surface area contributed by atoms with E-state index in [4.69, 9.17) is 4.74 Å². The van der Waals surface area contributed by atoms with Crippen LogP contribution in [0.3, 0.4) is 0 Å². The van der Waals surface area contributed by atoms with Crippen LogP contribution in [0.25, 0.3) is 0 Å². The lowest BCUT2D eigenvalue weighted by atomic mass is 10.1. The normalized spacial score (nSPS) is 11.0. The van der Waals surface area contributed by atoms with Gasteiger partial charge < -0.3 is 10.1 Å². The van der Waals surface area contributed by atoms with Crippen LogP contribution < -0.4 is 14.6 Å². The number of hydrogen-bond acceptors (Lipinski definition) is 3. The molecule has 1 heterocycles. The molecule has 1 amide bonds. The molecular weight excluding hydrogens is 495 g/mol. The van der Waals surface area contributed by atoms with E-state index < -0.39 is 5.82 Å². The van der Waals surface area contributed by atoms with E-state index in [9.17, 15) is 9.18 Å². The predicted octanol–water partition coefficient (Wildman–Crippen LogP) is 8.86. The molecule has 2 aromatic carbocycles. The topological polar surface area (TPSA) is 42.2 Å². The first-order valence-electron chi connectivity index (χ1n) is 14.3. The van der Waals surface area contributed by atoms with Gasteiger partial charge in [-0.1, -0.05) is 101 Å². The summed E-state index contributed by atoms with van der Waals surface area (Å²) in [6.45, 7) is 5.54. The number of amides is 1. The molecule has 1 aromatic heterocycles. The predicted molar refractivity (Wildman–Crippen MR) is 156 cm³/mol. The third-order valence-corrected chi connectivity index (χ3v) is 7.70. The summed E-state index contributed by atoms with van der Waals surface area (Å²) < 4.78 is 22.4. The fourth-order valence-electron chi connectivity index (χ4n) is 4.57. The summed E-state index contributed by atoms with van der Waals surface area (Å²) in [5, 5.41) is 6.06. The molecule has 0 saturated carbocycles. The monoisotopic (exact) mass is 539 g/mol. The molecule has 3 aromatic rings. The van der Waals surface area contributed by atoms with Crippen LogP contribution in [0, 0.1) is 12.7 Å². The highest BCUT2D eigenvalue weighted by atomic mass is 32.1. The van der Waals surface area contributed by atoms with Gasteiger partial charge >= 0.3 is 0 Å². The van der Waals surface area contributed by atoms with E-state index >= 15 is 0 Å². The van der Waals surface area contributed by atoms with E-state index in [0.717, 1.165) is 18.4 Å². The Morgan fingerprint density at radius 2 is 1.61 bits per heavy atom. The van der Waals surface area contributed by atoms with Gasteiger partial charge in [-0.15, -0.1) is 0 Å². The Balaban J connectivity index is 1.33. The number of aryl methyl sites for hydroxylation is 1. The minimum absolute atomic E-state index is 0.233. The molecule has 0 fully saturated rings. The summed E-state index contributed by atoms with van der Waals surface area (Å²) in [5.41, 5.74) is 2.00. The molecule has 0 aliphatic heterocycles. The van der Waals surface area contributed by atoms with E-state index in [2.05, 4.69) is 23.7 Å². The molecule has 4 nitrogen and oxygen atoms in total. The third-order valence-electron chi connectivity index (χ3n) is 6.87. The van der Waals surface area contributed by atoms with Crippen LogP contribution >= 0.6 is 11.3 Å². The molecule has 0 aliphatic carbocycles. The van der Waals surface area contributed by atoms with Gasteiger partial charge in [-0.3, -0.25) is 4.79 Å². The van der Waals surface area contributed by atoms with Crippen LogP contribution in [0.1, 0.15) is 105 Å². The number of aromatic nitrogens is 1. The number of carbonyl (C=O) groups excluding carboxylic acids is 1. The lowest BCUT2D eigenvalue weighted by Crippen LogP contribution is -2.34. The van der Waals surface area contributed by atoms with Crippen LogP contribution in [0.15, 0.2) is 54.0 Å². The van der Waals surface area contributed by atoms with E-state index in [0.29, 0.717) is 24.4 Å². The van der Waals surface area contributed by atoms with Gasteiger partial charge in [0.15, 0.2) is 24.3 Å². The number of rotatable bonds is 18. The highest BCUT2D eigenvalue weighted by Gasteiger charge is 2.13. The largest absolute Gasteiger partial charge is 0.491 e. The van der Waals surface area contributed by atoms with E-state index in [1.807, 2.05) is 29.8 Å². The molecule has 38 heavy (non-hydrogen) atoms. The number of hydrogen-bond donors (Lipinski definition) is 1. The van der Waals surface area contributed by atoms with Crippen molar-refractivity contribution >= 4 is 22.9 Å². The van der Waals surface area contributed by atoms with Gasteiger partial charge in [0.2, 0.25) is 5.01 Å². The first kappa shape index (κ1) is 29.8. The summed E-state index contributed by atoms with van der Waals surface area (Å²) >= 11 is 1.69. The first-order valence-corrected chi connectivity index (χ1v) is 15.2. The Labute approximate surface area is 232 Å². The molecule has 0 radical (unpaired) electrons. The standard InChI is InChI=1S/C32H43FN2O2S/c1-3-4-5-6-7-8-9-10-11-12-13-14-21-37-31-19-18-29(24-30(31)33)34-32(36)28-17-15-16-27(23-28)25-35-20-22-38-26(35)2/h15-20,22-24H,3-14,21,25H2,1-2H3/p+1. The van der Waals surface area contributed by atoms with Crippen molar-refractivity contribution in [3.8, 4) is 5.75 Å². The number of nitrogens with one attached hydrogen (secondary N) is 1. The molecule has 0 saturated heterocycles. The minimum atomic E-state index is -0.458. The van der Waals surface area contributed by atoms with Crippen molar-refractivity contribution in [3.05, 3.63) is 76.0 Å². The number of thiazole rings is 1. The average Bonchev–Trinajstić information content (AvgIpc) is 3.32. The summed E-state index contributed by atoms with van der Waals surface area (Å²) in [6, 6.07) is 12.1. The highest BCUT2D eigenvalue weighted by Crippen LogP contribution is 2.22. The van der Waals surface area contributed by atoms with E-state index in [1.54, 1.807) is 29.5 Å². The number of carbonyl (C=O) groups is 1. The van der Waals surface area contributed by atoms with Gasteiger partial charge in [0.25, 0.3) is 5.91 Å². The average molecular weight is 540 g/mol. The number of benzene rings is 2. The molecule has 0 aliphatic rings. The number of halogens is 1. The summed E-state index contributed by atoms with van der Waals surface area (Å²) in [7, 11) is 0. The summed E-state index contributed by atoms with van der Waals surface area (Å²) in [6.07, 6.45) is 17.4.